The van der Waals surface area contributed by atoms with Gasteiger partial charge < -0.3 is 38.4 Å². The van der Waals surface area contributed by atoms with E-state index in [1.165, 1.54) is 0 Å². The number of aromatic nitrogens is 4. The normalized spacial score (nSPS) is 16.5. The number of carbonyl (C=O) groups excluding carboxylic acids is 1. The number of hydrogen-bond donors (Lipinski definition) is 2. The van der Waals surface area contributed by atoms with E-state index in [-0.39, 0.29) is 40.4 Å². The number of nitrogens with zero attached hydrogens (tertiary/aromatic N) is 4. The summed E-state index contributed by atoms with van der Waals surface area (Å²) >= 11 is 0. The lowest BCUT2D eigenvalue weighted by molar-refractivity contribution is -0.0376. The molecular weight excluding hydrogens is 1060 g/mol. The quantitative estimate of drug-likeness (QED) is 0.0624. The first-order chi connectivity index (χ1) is 39.2. The summed E-state index contributed by atoms with van der Waals surface area (Å²) < 4.78 is 42.3. The maximum absolute atomic E-state index is 14.2. The lowest BCUT2D eigenvalue weighted by Crippen LogP contribution is -2.48. The summed E-state index contributed by atoms with van der Waals surface area (Å²) in [6.45, 7) is 23.2. The minimum absolute atomic E-state index is 0.0115. The highest BCUT2D eigenvalue weighted by Crippen LogP contribution is 2.48. The van der Waals surface area contributed by atoms with E-state index in [9.17, 15) is 4.79 Å². The Labute approximate surface area is 483 Å². The Bertz CT molecular complexity index is 3740. The first-order valence-electron chi connectivity index (χ1n) is 28.2. The van der Waals surface area contributed by atoms with Crippen molar-refractivity contribution in [1.82, 2.24) is 19.5 Å². The Morgan fingerprint density at radius 1 is 0.622 bits per heavy atom. The SMILES string of the molecule is COc1ccc(C(Nc2nc(OCc3ccccc3)c3nc(Nc4ccc5c6c(cccc46)C(=O)c4ccccc4-5)n([C@H]4C[C@H](O[Si](C)(C)C(C)(C)C)[C@@H](CO[Si](C)(C)C(C)(C)C)O4)c3n2)(c2ccccc2)c2ccc(OC)cc2)cc1. The average Bonchev–Trinajstić information content (AvgIpc) is 3.19. The molecule has 1 aliphatic heterocycles. The van der Waals surface area contributed by atoms with Crippen LogP contribution in [0.15, 0.2) is 164 Å². The Morgan fingerprint density at radius 3 is 1.83 bits per heavy atom. The van der Waals surface area contributed by atoms with E-state index in [0.29, 0.717) is 52.8 Å². The molecule has 7 aromatic carbocycles. The summed E-state index contributed by atoms with van der Waals surface area (Å²) in [4.78, 5) is 30.6. The number of rotatable bonds is 18. The second-order valence-electron chi connectivity index (χ2n) is 24.5. The fraction of sp³-hybridized carbons (Fsp3) is 0.313. The Balaban J connectivity index is 1.15. The van der Waals surface area contributed by atoms with Crippen LogP contribution in [0.3, 0.4) is 0 Å². The smallest absolute Gasteiger partial charge is 0.247 e. The molecule has 82 heavy (non-hydrogen) atoms. The summed E-state index contributed by atoms with van der Waals surface area (Å²) in [5.41, 5.74) is 7.41. The van der Waals surface area contributed by atoms with Crippen LogP contribution in [0, 0.1) is 0 Å². The van der Waals surface area contributed by atoms with Crippen molar-refractivity contribution in [1.29, 1.82) is 0 Å². The number of imidazole rings is 1. The van der Waals surface area contributed by atoms with Gasteiger partial charge in [-0.05, 0) is 100.0 Å². The summed E-state index contributed by atoms with van der Waals surface area (Å²) in [7, 11) is -1.33. The fourth-order valence-electron chi connectivity index (χ4n) is 10.8. The minimum atomic E-state index is -2.40. The molecule has 1 aliphatic carbocycles. The summed E-state index contributed by atoms with van der Waals surface area (Å²) in [5, 5.41) is 9.37. The molecule has 3 atom stereocenters. The summed E-state index contributed by atoms with van der Waals surface area (Å²) in [6.07, 6.45) is -0.979. The average molecular weight is 1130 g/mol. The summed E-state index contributed by atoms with van der Waals surface area (Å²) in [5.74, 6) is 2.38. The van der Waals surface area contributed by atoms with Crippen molar-refractivity contribution in [2.45, 2.75) is 115 Å². The van der Waals surface area contributed by atoms with E-state index in [4.69, 9.17) is 42.8 Å². The number of ether oxygens (including phenoxy) is 4. The van der Waals surface area contributed by atoms with Crippen molar-refractivity contribution in [3.05, 3.63) is 197 Å². The number of fused-ring (bicyclic) bond motifs is 3. The van der Waals surface area contributed by atoms with E-state index < -0.39 is 34.5 Å². The van der Waals surface area contributed by atoms with Gasteiger partial charge in [-0.15, -0.1) is 0 Å². The molecule has 3 heterocycles. The van der Waals surface area contributed by atoms with Crippen molar-refractivity contribution in [3.8, 4) is 28.5 Å². The molecule has 422 valence electrons. The van der Waals surface area contributed by atoms with Crippen LogP contribution in [0.25, 0.3) is 33.1 Å². The van der Waals surface area contributed by atoms with Gasteiger partial charge in [0.2, 0.25) is 17.8 Å². The molecule has 11 rings (SSSR count). The van der Waals surface area contributed by atoms with Crippen molar-refractivity contribution >= 4 is 61.9 Å². The first-order valence-corrected chi connectivity index (χ1v) is 34.0. The molecule has 0 unspecified atom stereocenters. The third-order valence-corrected chi connectivity index (χ3v) is 26.4. The first kappa shape index (κ1) is 56.2. The molecule has 2 aromatic heterocycles. The maximum Gasteiger partial charge on any atom is 0.247 e. The zero-order valence-corrected chi connectivity index (χ0v) is 51.1. The van der Waals surface area contributed by atoms with Crippen molar-refractivity contribution < 1.29 is 32.6 Å². The van der Waals surface area contributed by atoms with E-state index in [1.54, 1.807) is 14.2 Å². The molecule has 13 nitrogen and oxygen atoms in total. The van der Waals surface area contributed by atoms with E-state index in [2.05, 4.69) is 133 Å². The van der Waals surface area contributed by atoms with Gasteiger partial charge in [-0.2, -0.15) is 9.97 Å². The van der Waals surface area contributed by atoms with Crippen LogP contribution in [-0.4, -0.2) is 75.0 Å². The van der Waals surface area contributed by atoms with Crippen molar-refractivity contribution in [3.63, 3.8) is 0 Å². The molecule has 1 saturated heterocycles. The van der Waals surface area contributed by atoms with Gasteiger partial charge in [0.25, 0.3) is 0 Å². The van der Waals surface area contributed by atoms with Crippen LogP contribution >= 0.6 is 0 Å². The largest absolute Gasteiger partial charge is 0.497 e. The van der Waals surface area contributed by atoms with Crippen LogP contribution in [0.1, 0.15) is 92.4 Å². The third kappa shape index (κ3) is 10.5. The number of ketones is 1. The molecule has 0 bridgehead atoms. The van der Waals surface area contributed by atoms with Crippen LogP contribution in [0.2, 0.25) is 36.3 Å². The summed E-state index contributed by atoms with van der Waals surface area (Å²) in [6, 6.07) is 54.3. The zero-order valence-electron chi connectivity index (χ0n) is 49.1. The van der Waals surface area contributed by atoms with Gasteiger partial charge in [-0.25, -0.2) is 4.98 Å². The maximum atomic E-state index is 14.2. The molecule has 1 fully saturated rings. The molecular formula is C67H74N6O7Si2. The molecule has 0 saturated carbocycles. The molecule has 0 radical (unpaired) electrons. The van der Waals surface area contributed by atoms with Gasteiger partial charge in [0, 0.05) is 34.0 Å². The van der Waals surface area contributed by atoms with Crippen molar-refractivity contribution in [2.75, 3.05) is 31.5 Å². The molecule has 2 N–H and O–H groups in total. The van der Waals surface area contributed by atoms with Gasteiger partial charge in [-0.1, -0.05) is 175 Å². The van der Waals surface area contributed by atoms with Gasteiger partial charge in [0.05, 0.1) is 26.9 Å². The predicted octanol–water partition coefficient (Wildman–Crippen LogP) is 15.6. The lowest BCUT2D eigenvalue weighted by Gasteiger charge is -2.40. The molecule has 0 spiro atoms. The predicted molar refractivity (Wildman–Crippen MR) is 332 cm³/mol. The Morgan fingerprint density at radius 2 is 1.21 bits per heavy atom. The molecule has 2 aliphatic rings. The van der Waals surface area contributed by atoms with Gasteiger partial charge >= 0.3 is 0 Å². The highest BCUT2D eigenvalue weighted by Gasteiger charge is 2.48. The van der Waals surface area contributed by atoms with Crippen molar-refractivity contribution in [2.24, 2.45) is 0 Å². The van der Waals surface area contributed by atoms with Crippen LogP contribution in [-0.2, 0) is 25.7 Å². The number of nitrogens with one attached hydrogen (secondary N) is 2. The number of benzene rings is 7. The monoisotopic (exact) mass is 1130 g/mol. The minimum Gasteiger partial charge on any atom is -0.497 e. The third-order valence-electron chi connectivity index (χ3n) is 17.4. The standard InChI is InChI=1S/C67H74N6O7Si2/c1-65(2,3)81(9,10)78-42-56-55(80-82(11,12)66(4,5)6)40-57(79-56)73-61-59(69-64(73)68-54-39-38-50-49-26-19-20-27-51(49)60(74)53-29-21-28-52(54)58(50)53)62(77-41-43-22-15-13-16-23-43)71-63(70-61)72-67(44-24-17-14-18-25-44,45-30-34-47(75-7)35-31-45)46-32-36-48(76-8)37-33-46/h13-39,55-57H,40-42H2,1-12H3,(H,68,69)(H,70,71,72)/t55-,56+,57+/m0/s1. The van der Waals surface area contributed by atoms with Gasteiger partial charge in [0.15, 0.2) is 33.6 Å². The Kier molecular flexibility index (Phi) is 15.0. The number of hydrogen-bond acceptors (Lipinski definition) is 12. The highest BCUT2D eigenvalue weighted by atomic mass is 28.4. The number of anilines is 3. The lowest BCUT2D eigenvalue weighted by atomic mass is 9.77. The van der Waals surface area contributed by atoms with Crippen LogP contribution in [0.5, 0.6) is 17.4 Å². The van der Waals surface area contributed by atoms with Gasteiger partial charge in [0.1, 0.15) is 36.0 Å². The van der Waals surface area contributed by atoms with E-state index in [1.807, 2.05) is 114 Å². The highest BCUT2D eigenvalue weighted by molar-refractivity contribution is 6.74. The number of methoxy groups -OCH3 is 2. The molecule has 9 aromatic rings. The van der Waals surface area contributed by atoms with Crippen LogP contribution < -0.4 is 24.8 Å². The second kappa shape index (κ2) is 21.9. The van der Waals surface area contributed by atoms with E-state index in [0.717, 1.165) is 49.8 Å². The van der Waals surface area contributed by atoms with E-state index >= 15 is 0 Å². The topological polar surface area (TPSA) is 140 Å². The van der Waals surface area contributed by atoms with Crippen LogP contribution in [0.4, 0.5) is 17.6 Å². The zero-order chi connectivity index (χ0) is 57.8. The molecule has 0 amide bonds. The Hall–Kier alpha value is -7.67. The second-order valence-corrected chi connectivity index (χ2v) is 34.1. The molecule has 15 heteroatoms. The van der Waals surface area contributed by atoms with Gasteiger partial charge in [-0.3, -0.25) is 9.36 Å². The fourth-order valence-corrected chi connectivity index (χ4v) is 13.1. The number of carbonyl (C=O) groups is 1.